The van der Waals surface area contributed by atoms with Crippen molar-refractivity contribution in [3.63, 3.8) is 0 Å². The Morgan fingerprint density at radius 1 is 1.45 bits per heavy atom. The number of aliphatic hydroxyl groups excluding tert-OH is 1. The van der Waals surface area contributed by atoms with E-state index in [9.17, 15) is 9.90 Å². The lowest BCUT2D eigenvalue weighted by molar-refractivity contribution is 0.0120. The number of aliphatic hydroxyl groups is 1. The molecule has 29 heavy (non-hydrogen) atoms. The van der Waals surface area contributed by atoms with Crippen molar-refractivity contribution in [1.29, 1.82) is 0 Å². The van der Waals surface area contributed by atoms with Gasteiger partial charge in [-0.05, 0) is 54.2 Å². The highest BCUT2D eigenvalue weighted by Gasteiger charge is 2.34. The maximum absolute atomic E-state index is 12.3. The maximum atomic E-state index is 12.3. The molecule has 2 atom stereocenters. The quantitative estimate of drug-likeness (QED) is 0.468. The monoisotopic (exact) mass is 392 g/mol. The minimum atomic E-state index is -0.666. The zero-order valence-corrected chi connectivity index (χ0v) is 15.8. The summed E-state index contributed by atoms with van der Waals surface area (Å²) in [5.41, 5.74) is 14.2. The van der Waals surface area contributed by atoms with Crippen LogP contribution in [-0.2, 0) is 0 Å². The fraction of sp³-hybridized carbons (Fsp3) is 0.316. The SMILES string of the molecule is Cc1cn(-c2ccc(/C=C/C3=NC4C(O)CCCN4N3)cc2C(=O)N=[N+]=[N-])cn1. The highest BCUT2D eigenvalue weighted by molar-refractivity contribution is 6.00. The second-order valence-electron chi connectivity index (χ2n) is 6.97. The first-order valence-electron chi connectivity index (χ1n) is 9.27. The molecule has 4 rings (SSSR count). The summed E-state index contributed by atoms with van der Waals surface area (Å²) in [7, 11) is 0. The maximum Gasteiger partial charge on any atom is 0.251 e. The van der Waals surface area contributed by atoms with Gasteiger partial charge in [-0.15, -0.1) is 0 Å². The Bertz CT molecular complexity index is 1050. The van der Waals surface area contributed by atoms with Crippen molar-refractivity contribution >= 4 is 17.8 Å². The number of aromatic nitrogens is 2. The van der Waals surface area contributed by atoms with Crippen LogP contribution in [0, 0.1) is 6.92 Å². The number of imidazole rings is 1. The van der Waals surface area contributed by atoms with Crippen molar-refractivity contribution in [2.24, 2.45) is 10.1 Å². The molecule has 1 aromatic heterocycles. The highest BCUT2D eigenvalue weighted by atomic mass is 16.3. The third-order valence-electron chi connectivity index (χ3n) is 4.90. The van der Waals surface area contributed by atoms with Gasteiger partial charge in [-0.3, -0.25) is 4.79 Å². The van der Waals surface area contributed by atoms with Gasteiger partial charge in [-0.2, -0.15) is 5.01 Å². The van der Waals surface area contributed by atoms with E-state index >= 15 is 0 Å². The second kappa shape index (κ2) is 7.88. The summed E-state index contributed by atoms with van der Waals surface area (Å²) >= 11 is 0. The standard InChI is InChI=1S/C19H20N8O2/c1-12-10-26(11-21-12)15-6-4-13(9-14(15)19(29)23-25-20)5-7-17-22-18-16(28)3-2-8-27(18)24-17/h4-7,9-11,16,18,28H,2-3,8H2,1H3,(H,22,24)/b7-5+. The van der Waals surface area contributed by atoms with Crippen molar-refractivity contribution in [2.45, 2.75) is 32.0 Å². The van der Waals surface area contributed by atoms with Gasteiger partial charge in [0.1, 0.15) is 12.0 Å². The number of piperidine rings is 1. The topological polar surface area (TPSA) is 132 Å². The van der Waals surface area contributed by atoms with Crippen LogP contribution in [0.2, 0.25) is 0 Å². The summed E-state index contributed by atoms with van der Waals surface area (Å²) in [6.07, 6.45) is 7.91. The molecule has 1 amide bonds. The number of benzene rings is 1. The Labute approximate surface area is 166 Å². The van der Waals surface area contributed by atoms with Crippen LogP contribution in [0.3, 0.4) is 0 Å². The molecule has 2 aliphatic rings. The molecule has 2 N–H and O–H groups in total. The first kappa shape index (κ1) is 18.9. The average Bonchev–Trinajstić information content (AvgIpc) is 3.33. The molecule has 0 aliphatic carbocycles. The molecule has 148 valence electrons. The molecular weight excluding hydrogens is 372 g/mol. The van der Waals surface area contributed by atoms with Crippen LogP contribution in [0.4, 0.5) is 0 Å². The van der Waals surface area contributed by atoms with Gasteiger partial charge in [-0.25, -0.2) is 9.98 Å². The van der Waals surface area contributed by atoms with Crippen LogP contribution in [-0.4, -0.2) is 50.2 Å². The van der Waals surface area contributed by atoms with Crippen LogP contribution in [0.1, 0.15) is 34.5 Å². The lowest BCUT2D eigenvalue weighted by atomic mass is 10.1. The molecule has 1 fully saturated rings. The van der Waals surface area contributed by atoms with Crippen molar-refractivity contribution in [1.82, 2.24) is 20.0 Å². The molecule has 1 saturated heterocycles. The first-order chi connectivity index (χ1) is 14.0. The van der Waals surface area contributed by atoms with Crippen LogP contribution >= 0.6 is 0 Å². The molecule has 0 radical (unpaired) electrons. The number of nitrogens with one attached hydrogen (secondary N) is 1. The van der Waals surface area contributed by atoms with Gasteiger partial charge in [0.2, 0.25) is 0 Å². The lowest BCUT2D eigenvalue weighted by Gasteiger charge is -2.31. The van der Waals surface area contributed by atoms with E-state index in [0.717, 1.165) is 30.6 Å². The number of hydrazine groups is 1. The predicted molar refractivity (Wildman–Crippen MR) is 107 cm³/mol. The van der Waals surface area contributed by atoms with Crippen molar-refractivity contribution < 1.29 is 9.90 Å². The van der Waals surface area contributed by atoms with E-state index in [2.05, 4.69) is 25.4 Å². The number of rotatable bonds is 4. The summed E-state index contributed by atoms with van der Waals surface area (Å²) in [5.74, 6) is -0.0196. The number of amides is 1. The molecule has 10 heteroatoms. The van der Waals surface area contributed by atoms with Gasteiger partial charge >= 0.3 is 0 Å². The molecule has 0 bridgehead atoms. The fourth-order valence-corrected chi connectivity index (χ4v) is 3.51. The Morgan fingerprint density at radius 2 is 2.31 bits per heavy atom. The van der Waals surface area contributed by atoms with E-state index in [0.29, 0.717) is 11.5 Å². The third-order valence-corrected chi connectivity index (χ3v) is 4.90. The van der Waals surface area contributed by atoms with Crippen LogP contribution in [0.15, 0.2) is 46.9 Å². The number of amidine groups is 1. The largest absolute Gasteiger partial charge is 0.389 e. The summed E-state index contributed by atoms with van der Waals surface area (Å²) in [5, 5.41) is 15.2. The summed E-state index contributed by atoms with van der Waals surface area (Å²) in [6.45, 7) is 2.68. The zero-order valence-electron chi connectivity index (χ0n) is 15.8. The van der Waals surface area contributed by atoms with Gasteiger partial charge in [0.05, 0.1) is 23.8 Å². The van der Waals surface area contributed by atoms with E-state index in [1.54, 1.807) is 35.3 Å². The van der Waals surface area contributed by atoms with E-state index in [1.165, 1.54) is 0 Å². The number of azide groups is 1. The Morgan fingerprint density at radius 3 is 3.03 bits per heavy atom. The third kappa shape index (κ3) is 3.90. The predicted octanol–water partition coefficient (Wildman–Crippen LogP) is 2.34. The van der Waals surface area contributed by atoms with E-state index in [-0.39, 0.29) is 11.7 Å². The summed E-state index contributed by atoms with van der Waals surface area (Å²) in [4.78, 5) is 23.6. The minimum absolute atomic E-state index is 0.266. The fourth-order valence-electron chi connectivity index (χ4n) is 3.51. The van der Waals surface area contributed by atoms with Gasteiger partial charge in [0.25, 0.3) is 5.91 Å². The minimum Gasteiger partial charge on any atom is -0.389 e. The number of nitrogens with zero attached hydrogens (tertiary/aromatic N) is 7. The van der Waals surface area contributed by atoms with Gasteiger partial charge in [0, 0.05) is 23.2 Å². The number of hydrogen-bond acceptors (Lipinski definition) is 6. The Kier molecular flexibility index (Phi) is 5.13. The average molecular weight is 392 g/mol. The van der Waals surface area contributed by atoms with Gasteiger partial charge < -0.3 is 15.1 Å². The number of hydrogen-bond donors (Lipinski definition) is 2. The molecule has 3 heterocycles. The molecule has 0 spiro atoms. The molecule has 2 unspecified atom stereocenters. The summed E-state index contributed by atoms with van der Waals surface area (Å²) < 4.78 is 1.71. The normalized spacial score (nSPS) is 21.4. The Hall–Kier alpha value is -3.46. The summed E-state index contributed by atoms with van der Waals surface area (Å²) in [6, 6.07) is 5.29. The van der Waals surface area contributed by atoms with Crippen molar-refractivity contribution in [2.75, 3.05) is 6.54 Å². The van der Waals surface area contributed by atoms with Crippen molar-refractivity contribution in [3.8, 4) is 5.69 Å². The Balaban J connectivity index is 1.62. The van der Waals surface area contributed by atoms with Gasteiger partial charge in [0.15, 0.2) is 0 Å². The van der Waals surface area contributed by atoms with E-state index in [1.807, 2.05) is 24.1 Å². The van der Waals surface area contributed by atoms with Crippen LogP contribution < -0.4 is 5.43 Å². The number of fused-ring (bicyclic) bond motifs is 1. The molecule has 0 saturated carbocycles. The number of aliphatic imine (C=N–C) groups is 1. The highest BCUT2D eigenvalue weighted by Crippen LogP contribution is 2.22. The lowest BCUT2D eigenvalue weighted by Crippen LogP contribution is -2.49. The molecule has 10 nitrogen and oxygen atoms in total. The van der Waals surface area contributed by atoms with E-state index in [4.69, 9.17) is 5.53 Å². The van der Waals surface area contributed by atoms with Crippen LogP contribution in [0.5, 0.6) is 0 Å². The van der Waals surface area contributed by atoms with Gasteiger partial charge in [-0.1, -0.05) is 12.1 Å². The van der Waals surface area contributed by atoms with E-state index < -0.39 is 12.0 Å². The second-order valence-corrected chi connectivity index (χ2v) is 6.97. The number of carbonyl (C=O) groups is 1. The number of aryl methyl sites for hydroxylation is 1. The molecule has 2 aliphatic heterocycles. The molecular formula is C19H20N8O2. The first-order valence-corrected chi connectivity index (χ1v) is 9.27. The number of carbonyl (C=O) groups excluding carboxylic acids is 1. The van der Waals surface area contributed by atoms with Crippen molar-refractivity contribution in [3.05, 3.63) is 64.1 Å². The molecule has 1 aromatic carbocycles. The molecule has 2 aromatic rings. The zero-order chi connectivity index (χ0) is 20.4. The van der Waals surface area contributed by atoms with Crippen LogP contribution in [0.25, 0.3) is 22.2 Å². The smallest absolute Gasteiger partial charge is 0.251 e.